The van der Waals surface area contributed by atoms with E-state index in [4.69, 9.17) is 9.47 Å². The first kappa shape index (κ1) is 25.6. The van der Waals surface area contributed by atoms with Crippen molar-refractivity contribution in [2.75, 3.05) is 57.9 Å². The number of fused-ring (bicyclic) bond motifs is 1. The number of piperazine rings is 1. The predicted octanol–water partition coefficient (Wildman–Crippen LogP) is 1.17. The standard InChI is InChI=1S/C26H38N4O5/c1-5-17(3)22(26(33)30-15-21(34-4)24-23(30)20(31)16-35-24)27-25(32)18-7-9-19(10-8-18)29-13-11-28(6-2)12-14-29/h7-10,17,21-24H,5-6,11-16H2,1-4H3,(H,27,32)/t17-,21-,22-,23+,24+/m0/s1. The average molecular weight is 487 g/mol. The van der Waals surface area contributed by atoms with Crippen LogP contribution >= 0.6 is 0 Å². The molecule has 0 spiro atoms. The number of nitrogens with one attached hydrogen (secondary N) is 1. The second kappa shape index (κ2) is 11.1. The van der Waals surface area contributed by atoms with E-state index in [2.05, 4.69) is 22.0 Å². The first-order valence-corrected chi connectivity index (χ1v) is 12.7. The van der Waals surface area contributed by atoms with Gasteiger partial charge in [-0.3, -0.25) is 14.4 Å². The van der Waals surface area contributed by atoms with Crippen LogP contribution in [0, 0.1) is 5.92 Å². The van der Waals surface area contributed by atoms with E-state index in [1.54, 1.807) is 12.0 Å². The molecule has 0 saturated carbocycles. The second-order valence-electron chi connectivity index (χ2n) is 9.76. The minimum absolute atomic E-state index is 0.0147. The maximum atomic E-state index is 13.6. The van der Waals surface area contributed by atoms with Gasteiger partial charge in [0.15, 0.2) is 5.78 Å². The van der Waals surface area contributed by atoms with E-state index < -0.39 is 18.2 Å². The molecular formula is C26H38N4O5. The molecule has 1 aromatic carbocycles. The van der Waals surface area contributed by atoms with Gasteiger partial charge in [-0.2, -0.15) is 0 Å². The summed E-state index contributed by atoms with van der Waals surface area (Å²) in [7, 11) is 1.56. The van der Waals surface area contributed by atoms with Gasteiger partial charge in [0, 0.05) is 44.5 Å². The minimum Gasteiger partial charge on any atom is -0.377 e. The number of anilines is 1. The van der Waals surface area contributed by atoms with Crippen LogP contribution < -0.4 is 10.2 Å². The molecule has 5 atom stereocenters. The summed E-state index contributed by atoms with van der Waals surface area (Å²) < 4.78 is 11.1. The third-order valence-electron chi connectivity index (χ3n) is 7.80. The fourth-order valence-corrected chi connectivity index (χ4v) is 5.28. The van der Waals surface area contributed by atoms with Crippen molar-refractivity contribution in [3.63, 3.8) is 0 Å². The monoisotopic (exact) mass is 486 g/mol. The van der Waals surface area contributed by atoms with Crippen LogP contribution in [0.2, 0.25) is 0 Å². The van der Waals surface area contributed by atoms with E-state index in [0.29, 0.717) is 12.0 Å². The summed E-state index contributed by atoms with van der Waals surface area (Å²) in [6, 6.07) is 6.19. The summed E-state index contributed by atoms with van der Waals surface area (Å²) >= 11 is 0. The largest absolute Gasteiger partial charge is 0.377 e. The maximum absolute atomic E-state index is 13.6. The number of ketones is 1. The number of ether oxygens (including phenoxy) is 2. The van der Waals surface area contributed by atoms with Crippen LogP contribution in [0.15, 0.2) is 24.3 Å². The summed E-state index contributed by atoms with van der Waals surface area (Å²) in [6.07, 6.45) is -0.0914. The summed E-state index contributed by atoms with van der Waals surface area (Å²) in [5, 5.41) is 2.96. The molecule has 1 N–H and O–H groups in total. The second-order valence-corrected chi connectivity index (χ2v) is 9.76. The lowest BCUT2D eigenvalue weighted by atomic mass is 9.96. The number of carbonyl (C=O) groups is 3. The van der Waals surface area contributed by atoms with Gasteiger partial charge in [0.2, 0.25) is 5.91 Å². The van der Waals surface area contributed by atoms with Gasteiger partial charge in [0.25, 0.3) is 5.91 Å². The molecule has 3 aliphatic heterocycles. The Balaban J connectivity index is 1.44. The summed E-state index contributed by atoms with van der Waals surface area (Å²) in [4.78, 5) is 45.5. The van der Waals surface area contributed by atoms with Gasteiger partial charge in [0.05, 0.1) is 6.54 Å². The van der Waals surface area contributed by atoms with Gasteiger partial charge in [-0.15, -0.1) is 0 Å². The number of methoxy groups -OCH3 is 1. The topological polar surface area (TPSA) is 91.4 Å². The molecule has 2 amide bonds. The van der Waals surface area contributed by atoms with E-state index in [-0.39, 0.29) is 42.8 Å². The van der Waals surface area contributed by atoms with Gasteiger partial charge in [-0.1, -0.05) is 27.2 Å². The van der Waals surface area contributed by atoms with Gasteiger partial charge in [-0.05, 0) is 36.7 Å². The highest BCUT2D eigenvalue weighted by atomic mass is 16.5. The molecule has 35 heavy (non-hydrogen) atoms. The number of nitrogens with zero attached hydrogens (tertiary/aromatic N) is 3. The normalized spacial score (nSPS) is 26.5. The lowest BCUT2D eigenvalue weighted by molar-refractivity contribution is -0.139. The van der Waals surface area contributed by atoms with E-state index in [1.807, 2.05) is 38.1 Å². The van der Waals surface area contributed by atoms with Crippen LogP contribution in [0.5, 0.6) is 0 Å². The van der Waals surface area contributed by atoms with Crippen LogP contribution in [-0.2, 0) is 19.1 Å². The van der Waals surface area contributed by atoms with Gasteiger partial charge in [-0.25, -0.2) is 0 Å². The van der Waals surface area contributed by atoms with Gasteiger partial charge in [0.1, 0.15) is 30.9 Å². The molecule has 3 fully saturated rings. The fraction of sp³-hybridized carbons (Fsp3) is 0.654. The number of amides is 2. The molecule has 0 radical (unpaired) electrons. The Bertz CT molecular complexity index is 915. The van der Waals surface area contributed by atoms with E-state index in [0.717, 1.165) is 38.4 Å². The molecule has 3 aliphatic rings. The Morgan fingerprint density at radius 1 is 1.14 bits per heavy atom. The summed E-state index contributed by atoms with van der Waals surface area (Å²) in [6.45, 7) is 11.4. The number of hydrogen-bond donors (Lipinski definition) is 1. The average Bonchev–Trinajstić information content (AvgIpc) is 3.46. The van der Waals surface area contributed by atoms with E-state index in [9.17, 15) is 14.4 Å². The number of benzene rings is 1. The maximum Gasteiger partial charge on any atom is 0.251 e. The zero-order valence-corrected chi connectivity index (χ0v) is 21.2. The van der Waals surface area contributed by atoms with Crippen LogP contribution in [0.1, 0.15) is 37.6 Å². The molecule has 0 unspecified atom stereocenters. The minimum atomic E-state index is -0.737. The molecule has 4 rings (SSSR count). The highest BCUT2D eigenvalue weighted by molar-refractivity contribution is 5.99. The van der Waals surface area contributed by atoms with Crippen LogP contribution in [0.3, 0.4) is 0 Å². The lowest BCUT2D eigenvalue weighted by Crippen LogP contribution is -2.54. The van der Waals surface area contributed by atoms with Crippen molar-refractivity contribution in [3.8, 4) is 0 Å². The third kappa shape index (κ3) is 5.22. The lowest BCUT2D eigenvalue weighted by Gasteiger charge is -2.35. The SMILES string of the molecule is CC[C@H](C)[C@H](NC(=O)c1ccc(N2CCN(CC)CC2)cc1)C(=O)N1C[C@H](OC)[C@H]2OCC(=O)[C@H]21. The highest BCUT2D eigenvalue weighted by Crippen LogP contribution is 2.30. The molecular weight excluding hydrogens is 448 g/mol. The Labute approximate surface area is 207 Å². The molecule has 9 heteroatoms. The molecule has 0 aliphatic carbocycles. The zero-order valence-electron chi connectivity index (χ0n) is 21.2. The Hall–Kier alpha value is -2.49. The molecule has 0 aromatic heterocycles. The van der Waals surface area contributed by atoms with Crippen molar-refractivity contribution in [2.24, 2.45) is 5.92 Å². The molecule has 9 nitrogen and oxygen atoms in total. The molecule has 1 aromatic rings. The zero-order chi connectivity index (χ0) is 25.1. The van der Waals surface area contributed by atoms with E-state index in [1.165, 1.54) is 0 Å². The predicted molar refractivity (Wildman–Crippen MR) is 133 cm³/mol. The summed E-state index contributed by atoms with van der Waals surface area (Å²) in [5.74, 6) is -0.768. The number of likely N-dealkylation sites (N-methyl/N-ethyl adjacent to an activating group) is 1. The molecule has 3 saturated heterocycles. The third-order valence-corrected chi connectivity index (χ3v) is 7.80. The fourth-order valence-electron chi connectivity index (χ4n) is 5.28. The summed E-state index contributed by atoms with van der Waals surface area (Å²) in [5.41, 5.74) is 1.61. The van der Waals surface area contributed by atoms with Crippen LogP contribution in [-0.4, -0.2) is 105 Å². The number of hydrogen-bond acceptors (Lipinski definition) is 7. The van der Waals surface area contributed by atoms with Gasteiger partial charge < -0.3 is 29.5 Å². The number of Topliss-reactive ketones (excluding diaryl/α,β-unsaturated/α-hetero) is 1. The highest BCUT2D eigenvalue weighted by Gasteiger charge is 2.53. The number of rotatable bonds is 8. The van der Waals surface area contributed by atoms with Gasteiger partial charge >= 0.3 is 0 Å². The number of likely N-dealkylation sites (tertiary alicyclic amines) is 1. The molecule has 192 valence electrons. The van der Waals surface area contributed by atoms with Crippen molar-refractivity contribution < 1.29 is 23.9 Å². The van der Waals surface area contributed by atoms with Crippen molar-refractivity contribution in [1.82, 2.24) is 15.1 Å². The smallest absolute Gasteiger partial charge is 0.251 e. The van der Waals surface area contributed by atoms with Crippen LogP contribution in [0.25, 0.3) is 0 Å². The van der Waals surface area contributed by atoms with E-state index >= 15 is 0 Å². The van der Waals surface area contributed by atoms with Crippen molar-refractivity contribution in [3.05, 3.63) is 29.8 Å². The Kier molecular flexibility index (Phi) is 8.09. The van der Waals surface area contributed by atoms with Crippen molar-refractivity contribution in [1.29, 1.82) is 0 Å². The molecule has 3 heterocycles. The quantitative estimate of drug-likeness (QED) is 0.590. The van der Waals surface area contributed by atoms with Crippen LogP contribution in [0.4, 0.5) is 5.69 Å². The Morgan fingerprint density at radius 2 is 1.83 bits per heavy atom. The van der Waals surface area contributed by atoms with Crippen molar-refractivity contribution in [2.45, 2.75) is 51.5 Å². The first-order chi connectivity index (χ1) is 16.9. The molecule has 0 bridgehead atoms. The number of carbonyl (C=O) groups excluding carboxylic acids is 3. The first-order valence-electron chi connectivity index (χ1n) is 12.7. The van der Waals surface area contributed by atoms with Crippen molar-refractivity contribution >= 4 is 23.3 Å². The Morgan fingerprint density at radius 3 is 2.43 bits per heavy atom.